The molecule has 0 saturated carbocycles. The average Bonchev–Trinajstić information content (AvgIpc) is 2.68. The maximum atomic E-state index is 12.5. The van der Waals surface area contributed by atoms with Crippen molar-refractivity contribution in [1.29, 1.82) is 0 Å². The van der Waals surface area contributed by atoms with Crippen LogP contribution in [0.1, 0.15) is 34.2 Å². The topological polar surface area (TPSA) is 72.9 Å². The number of amides is 1. The van der Waals surface area contributed by atoms with Gasteiger partial charge in [0.1, 0.15) is 5.69 Å². The Morgan fingerprint density at radius 1 is 1.43 bits per heavy atom. The van der Waals surface area contributed by atoms with E-state index in [-0.39, 0.29) is 5.91 Å². The smallest absolute Gasteiger partial charge is 0.276 e. The van der Waals surface area contributed by atoms with Crippen molar-refractivity contribution >= 4 is 33.2 Å². The van der Waals surface area contributed by atoms with Gasteiger partial charge in [0.2, 0.25) is 0 Å². The second kappa shape index (κ2) is 5.89. The van der Waals surface area contributed by atoms with E-state index in [1.807, 2.05) is 32.9 Å². The Morgan fingerprint density at radius 3 is 2.62 bits per heavy atom. The second-order valence-corrected chi connectivity index (χ2v) is 5.93. The van der Waals surface area contributed by atoms with E-state index in [2.05, 4.69) is 26.3 Å². The largest absolute Gasteiger partial charge is 0.395 e. The van der Waals surface area contributed by atoms with Crippen molar-refractivity contribution in [2.75, 3.05) is 11.1 Å². The Bertz CT molecular complexity index is 683. The molecule has 2 rings (SSSR count). The number of carbonyl (C=O) groups is 1. The van der Waals surface area contributed by atoms with Crippen molar-refractivity contribution in [2.45, 2.75) is 27.2 Å². The predicted octanol–water partition coefficient (Wildman–Crippen LogP) is 3.20. The molecule has 1 heterocycles. The van der Waals surface area contributed by atoms with Gasteiger partial charge in [0.25, 0.3) is 5.91 Å². The van der Waals surface area contributed by atoms with Crippen molar-refractivity contribution in [3.05, 3.63) is 39.1 Å². The normalized spacial score (nSPS) is 10.7. The molecule has 2 aromatic rings. The molecule has 0 radical (unpaired) electrons. The number of aryl methyl sites for hydroxylation is 4. The number of nitrogens with zero attached hydrogens (tertiary/aromatic N) is 2. The zero-order valence-corrected chi connectivity index (χ0v) is 14.2. The zero-order valence-electron chi connectivity index (χ0n) is 12.6. The van der Waals surface area contributed by atoms with Crippen LogP contribution in [0.5, 0.6) is 0 Å². The third kappa shape index (κ3) is 2.95. The highest BCUT2D eigenvalue weighted by Gasteiger charge is 2.20. The number of nitrogen functional groups attached to an aromatic ring is 1. The summed E-state index contributed by atoms with van der Waals surface area (Å²) in [6, 6.07) is 3.98. The van der Waals surface area contributed by atoms with Gasteiger partial charge in [-0.3, -0.25) is 9.48 Å². The number of rotatable bonds is 3. The van der Waals surface area contributed by atoms with Crippen LogP contribution in [0.4, 0.5) is 11.4 Å². The minimum absolute atomic E-state index is 0.255. The van der Waals surface area contributed by atoms with Crippen molar-refractivity contribution in [1.82, 2.24) is 9.78 Å². The fraction of sp³-hybridized carbons (Fsp3) is 0.333. The number of carbonyl (C=O) groups excluding carboxylic acids is 1. The monoisotopic (exact) mass is 350 g/mol. The molecule has 112 valence electrons. The van der Waals surface area contributed by atoms with Crippen molar-refractivity contribution < 1.29 is 4.79 Å². The molecule has 0 aliphatic carbocycles. The number of anilines is 2. The Labute approximate surface area is 132 Å². The van der Waals surface area contributed by atoms with Gasteiger partial charge in [0.05, 0.1) is 17.1 Å². The van der Waals surface area contributed by atoms with E-state index in [0.29, 0.717) is 17.8 Å². The number of nitrogens with two attached hydrogens (primary N) is 1. The molecule has 21 heavy (non-hydrogen) atoms. The van der Waals surface area contributed by atoms with Crippen molar-refractivity contribution in [2.24, 2.45) is 7.05 Å². The third-order valence-corrected chi connectivity index (χ3v) is 4.01. The quantitative estimate of drug-likeness (QED) is 0.892. The van der Waals surface area contributed by atoms with Crippen LogP contribution in [0.2, 0.25) is 0 Å². The summed E-state index contributed by atoms with van der Waals surface area (Å²) in [4.78, 5) is 12.5. The van der Waals surface area contributed by atoms with E-state index in [1.165, 1.54) is 4.68 Å². The lowest BCUT2D eigenvalue weighted by Crippen LogP contribution is -2.18. The minimum atomic E-state index is -0.255. The van der Waals surface area contributed by atoms with Gasteiger partial charge in [-0.2, -0.15) is 5.10 Å². The molecule has 3 N–H and O–H groups in total. The molecule has 0 saturated heterocycles. The molecule has 1 amide bonds. The Kier molecular flexibility index (Phi) is 4.37. The van der Waals surface area contributed by atoms with Crippen LogP contribution in [0.15, 0.2) is 16.6 Å². The van der Waals surface area contributed by atoms with E-state index in [1.54, 1.807) is 7.05 Å². The van der Waals surface area contributed by atoms with E-state index < -0.39 is 0 Å². The number of benzene rings is 1. The van der Waals surface area contributed by atoms with Gasteiger partial charge in [0, 0.05) is 11.5 Å². The average molecular weight is 351 g/mol. The van der Waals surface area contributed by atoms with E-state index in [4.69, 9.17) is 5.73 Å². The van der Waals surface area contributed by atoms with Gasteiger partial charge in [0.15, 0.2) is 0 Å². The lowest BCUT2D eigenvalue weighted by molar-refractivity contribution is 0.101. The van der Waals surface area contributed by atoms with Crippen LogP contribution in [0.25, 0.3) is 0 Å². The number of halogens is 1. The van der Waals surface area contributed by atoms with Crippen LogP contribution in [-0.4, -0.2) is 15.7 Å². The minimum Gasteiger partial charge on any atom is -0.395 e. The summed E-state index contributed by atoms with van der Waals surface area (Å²) in [6.45, 7) is 5.93. The van der Waals surface area contributed by atoms with Crippen LogP contribution in [0.3, 0.4) is 0 Å². The van der Waals surface area contributed by atoms with Crippen LogP contribution >= 0.6 is 15.9 Å². The number of aromatic nitrogens is 2. The molecule has 0 aliphatic rings. The van der Waals surface area contributed by atoms with E-state index >= 15 is 0 Å². The Morgan fingerprint density at radius 2 is 2.10 bits per heavy atom. The summed E-state index contributed by atoms with van der Waals surface area (Å²) >= 11 is 3.49. The van der Waals surface area contributed by atoms with Crippen LogP contribution < -0.4 is 11.1 Å². The fourth-order valence-electron chi connectivity index (χ4n) is 2.37. The molecule has 0 aliphatic heterocycles. The first-order valence-corrected chi connectivity index (χ1v) is 7.53. The lowest BCUT2D eigenvalue weighted by atomic mass is 10.1. The van der Waals surface area contributed by atoms with Gasteiger partial charge >= 0.3 is 0 Å². The van der Waals surface area contributed by atoms with E-state index in [9.17, 15) is 4.79 Å². The summed E-state index contributed by atoms with van der Waals surface area (Å²) in [5.41, 5.74) is 10.5. The maximum absolute atomic E-state index is 12.5. The number of hydrogen-bond donors (Lipinski definition) is 2. The van der Waals surface area contributed by atoms with Crippen molar-refractivity contribution in [3.8, 4) is 0 Å². The maximum Gasteiger partial charge on any atom is 0.276 e. The Hall–Kier alpha value is -1.82. The number of nitrogens with one attached hydrogen (secondary N) is 1. The standard InChI is InChI=1S/C15H19BrN4O/c1-5-11-12(17)14(20(4)19-11)15(21)18-13-9(3)6-8(2)7-10(13)16/h6-7H,5,17H2,1-4H3,(H,18,21). The summed E-state index contributed by atoms with van der Waals surface area (Å²) < 4.78 is 2.38. The zero-order chi connectivity index (χ0) is 15.7. The summed E-state index contributed by atoms with van der Waals surface area (Å²) in [7, 11) is 1.72. The lowest BCUT2D eigenvalue weighted by Gasteiger charge is -2.12. The van der Waals surface area contributed by atoms with Gasteiger partial charge in [-0.1, -0.05) is 13.0 Å². The highest BCUT2D eigenvalue weighted by atomic mass is 79.9. The van der Waals surface area contributed by atoms with Gasteiger partial charge in [-0.25, -0.2) is 0 Å². The molecule has 0 bridgehead atoms. The summed E-state index contributed by atoms with van der Waals surface area (Å²) in [5.74, 6) is -0.255. The summed E-state index contributed by atoms with van der Waals surface area (Å²) in [6.07, 6.45) is 0.695. The molecule has 1 aromatic heterocycles. The first kappa shape index (κ1) is 15.6. The second-order valence-electron chi connectivity index (χ2n) is 5.08. The van der Waals surface area contributed by atoms with Crippen LogP contribution in [0, 0.1) is 13.8 Å². The molecule has 0 unspecified atom stereocenters. The predicted molar refractivity (Wildman–Crippen MR) is 88.6 cm³/mol. The molecule has 0 atom stereocenters. The van der Waals surface area contributed by atoms with Gasteiger partial charge in [-0.05, 0) is 53.4 Å². The molecule has 5 nitrogen and oxygen atoms in total. The van der Waals surface area contributed by atoms with Gasteiger partial charge in [-0.15, -0.1) is 0 Å². The first-order chi connectivity index (χ1) is 9.85. The first-order valence-electron chi connectivity index (χ1n) is 6.74. The van der Waals surface area contributed by atoms with E-state index in [0.717, 1.165) is 27.0 Å². The molecule has 0 spiro atoms. The Balaban J connectivity index is 2.37. The highest BCUT2D eigenvalue weighted by Crippen LogP contribution is 2.29. The van der Waals surface area contributed by atoms with Gasteiger partial charge < -0.3 is 11.1 Å². The fourth-order valence-corrected chi connectivity index (χ4v) is 3.15. The molecular weight excluding hydrogens is 332 g/mol. The molecular formula is C15H19BrN4O. The highest BCUT2D eigenvalue weighted by molar-refractivity contribution is 9.10. The summed E-state index contributed by atoms with van der Waals surface area (Å²) in [5, 5.41) is 7.18. The molecule has 1 aromatic carbocycles. The molecule has 6 heteroatoms. The van der Waals surface area contributed by atoms with Crippen LogP contribution in [-0.2, 0) is 13.5 Å². The number of hydrogen-bond acceptors (Lipinski definition) is 3. The third-order valence-electron chi connectivity index (χ3n) is 3.38. The van der Waals surface area contributed by atoms with Crippen molar-refractivity contribution in [3.63, 3.8) is 0 Å². The molecule has 0 fully saturated rings. The SMILES string of the molecule is CCc1nn(C)c(C(=O)Nc2c(C)cc(C)cc2Br)c1N.